The summed E-state index contributed by atoms with van der Waals surface area (Å²) in [5, 5.41) is 9.60. The fraction of sp³-hybridized carbons (Fsp3) is 1.00. The zero-order valence-electron chi connectivity index (χ0n) is 8.56. The van der Waals surface area contributed by atoms with Crippen molar-refractivity contribution in [3.8, 4) is 0 Å². The van der Waals surface area contributed by atoms with Crippen molar-refractivity contribution in [1.29, 1.82) is 0 Å². The Kier molecular flexibility index (Phi) is 3.88. The van der Waals surface area contributed by atoms with E-state index in [0.717, 1.165) is 12.8 Å². The van der Waals surface area contributed by atoms with Gasteiger partial charge in [0.25, 0.3) is 0 Å². The van der Waals surface area contributed by atoms with E-state index in [1.165, 1.54) is 0 Å². The minimum atomic E-state index is -0.936. The molecule has 0 aliphatic carbocycles. The van der Waals surface area contributed by atoms with Crippen LogP contribution in [-0.4, -0.2) is 37.6 Å². The fourth-order valence-electron chi connectivity index (χ4n) is 1.58. The number of hydrogen-bond donors (Lipinski definition) is 1. The van der Waals surface area contributed by atoms with Gasteiger partial charge >= 0.3 is 0 Å². The molecule has 1 N–H and O–H groups in total. The minimum absolute atomic E-state index is 0.146. The maximum atomic E-state index is 11.8. The summed E-state index contributed by atoms with van der Waals surface area (Å²) in [6, 6.07) is 0.339. The van der Waals surface area contributed by atoms with Crippen molar-refractivity contribution in [2.75, 3.05) is 6.54 Å². The molecule has 1 aliphatic heterocycles. The molecule has 0 aromatic rings. The lowest BCUT2D eigenvalue weighted by Gasteiger charge is -2.35. The highest BCUT2D eigenvalue weighted by Crippen LogP contribution is 2.20. The number of rotatable bonds is 2. The van der Waals surface area contributed by atoms with Gasteiger partial charge in [0.15, 0.2) is 0 Å². The Hall–Kier alpha value is 0.0700. The number of aliphatic hydroxyl groups excluding tert-OH is 1. The first-order valence-corrected chi connectivity index (χ1v) is 6.04. The maximum absolute atomic E-state index is 11.8. The third-order valence-electron chi connectivity index (χ3n) is 2.43. The molecule has 1 rings (SSSR count). The van der Waals surface area contributed by atoms with Crippen LogP contribution in [0.3, 0.4) is 0 Å². The molecule has 1 aliphatic rings. The van der Waals surface area contributed by atoms with Gasteiger partial charge in [-0.3, -0.25) is 0 Å². The Bertz CT molecular complexity index is 196. The van der Waals surface area contributed by atoms with E-state index in [-0.39, 0.29) is 11.4 Å². The zero-order valence-corrected chi connectivity index (χ0v) is 9.38. The SMILES string of the molecule is CC1CCC(O)CN1S(=O)C(C)C. The van der Waals surface area contributed by atoms with E-state index in [1.807, 2.05) is 18.2 Å². The molecule has 0 radical (unpaired) electrons. The zero-order chi connectivity index (χ0) is 10.0. The molecular weight excluding hydrogens is 186 g/mol. The van der Waals surface area contributed by atoms with Gasteiger partial charge in [-0.25, -0.2) is 8.51 Å². The van der Waals surface area contributed by atoms with Gasteiger partial charge in [0.1, 0.15) is 0 Å². The van der Waals surface area contributed by atoms with Crippen molar-refractivity contribution >= 4 is 11.0 Å². The van der Waals surface area contributed by atoms with Crippen LogP contribution in [0.2, 0.25) is 0 Å². The fourth-order valence-corrected chi connectivity index (χ4v) is 2.90. The Morgan fingerprint density at radius 1 is 1.46 bits per heavy atom. The molecule has 0 spiro atoms. The summed E-state index contributed by atoms with van der Waals surface area (Å²) in [5.74, 6) is 0. The van der Waals surface area contributed by atoms with Crippen molar-refractivity contribution < 1.29 is 9.32 Å². The summed E-state index contributed by atoms with van der Waals surface area (Å²) in [5.41, 5.74) is 0. The lowest BCUT2D eigenvalue weighted by Crippen LogP contribution is -2.46. The third-order valence-corrected chi connectivity index (χ3v) is 4.21. The second kappa shape index (κ2) is 4.53. The molecular formula is C9H19NO2S. The molecule has 13 heavy (non-hydrogen) atoms. The molecule has 3 nitrogen and oxygen atoms in total. The number of aliphatic hydroxyl groups is 1. The Balaban J connectivity index is 2.60. The lowest BCUT2D eigenvalue weighted by atomic mass is 10.0. The molecule has 0 aromatic carbocycles. The summed E-state index contributed by atoms with van der Waals surface area (Å²) in [7, 11) is -0.936. The van der Waals surface area contributed by atoms with Gasteiger partial charge in [-0.15, -0.1) is 0 Å². The van der Waals surface area contributed by atoms with Crippen LogP contribution in [0.1, 0.15) is 33.6 Å². The second-order valence-electron chi connectivity index (χ2n) is 4.00. The molecule has 1 saturated heterocycles. The molecule has 1 fully saturated rings. The van der Waals surface area contributed by atoms with E-state index in [2.05, 4.69) is 6.92 Å². The maximum Gasteiger partial charge on any atom is 0.0972 e. The van der Waals surface area contributed by atoms with Crippen LogP contribution in [0.25, 0.3) is 0 Å². The largest absolute Gasteiger partial charge is 0.392 e. The van der Waals surface area contributed by atoms with Crippen LogP contribution in [0, 0.1) is 0 Å². The minimum Gasteiger partial charge on any atom is -0.392 e. The van der Waals surface area contributed by atoms with Gasteiger partial charge in [0.05, 0.1) is 17.1 Å². The Morgan fingerprint density at radius 2 is 2.08 bits per heavy atom. The van der Waals surface area contributed by atoms with Crippen molar-refractivity contribution in [2.24, 2.45) is 0 Å². The Morgan fingerprint density at radius 3 is 2.62 bits per heavy atom. The van der Waals surface area contributed by atoms with E-state index in [9.17, 15) is 9.32 Å². The van der Waals surface area contributed by atoms with E-state index < -0.39 is 11.0 Å². The molecule has 0 saturated carbocycles. The van der Waals surface area contributed by atoms with Gasteiger partial charge in [-0.1, -0.05) is 0 Å². The van der Waals surface area contributed by atoms with Crippen LogP contribution in [0.5, 0.6) is 0 Å². The van der Waals surface area contributed by atoms with Crippen LogP contribution in [0.15, 0.2) is 0 Å². The van der Waals surface area contributed by atoms with Gasteiger partial charge in [0, 0.05) is 17.8 Å². The predicted octanol–water partition coefficient (Wildman–Crippen LogP) is 0.904. The molecule has 0 amide bonds. The van der Waals surface area contributed by atoms with Crippen molar-refractivity contribution in [1.82, 2.24) is 4.31 Å². The van der Waals surface area contributed by atoms with Gasteiger partial charge < -0.3 is 5.11 Å². The highest BCUT2D eigenvalue weighted by Gasteiger charge is 2.29. The van der Waals surface area contributed by atoms with Crippen LogP contribution in [-0.2, 0) is 11.0 Å². The van der Waals surface area contributed by atoms with Crippen molar-refractivity contribution in [3.63, 3.8) is 0 Å². The summed E-state index contributed by atoms with van der Waals surface area (Å²) in [6.07, 6.45) is 1.49. The molecule has 1 heterocycles. The topological polar surface area (TPSA) is 40.5 Å². The average Bonchev–Trinajstić information content (AvgIpc) is 2.08. The summed E-state index contributed by atoms with van der Waals surface area (Å²) >= 11 is 0. The molecule has 78 valence electrons. The second-order valence-corrected chi connectivity index (χ2v) is 5.97. The summed E-state index contributed by atoms with van der Waals surface area (Å²) < 4.78 is 13.7. The van der Waals surface area contributed by atoms with E-state index in [1.54, 1.807) is 0 Å². The highest BCUT2D eigenvalue weighted by atomic mass is 32.2. The summed E-state index contributed by atoms with van der Waals surface area (Å²) in [4.78, 5) is 0. The summed E-state index contributed by atoms with van der Waals surface area (Å²) in [6.45, 7) is 6.53. The molecule has 4 heteroatoms. The highest BCUT2D eigenvalue weighted by molar-refractivity contribution is 7.83. The van der Waals surface area contributed by atoms with Crippen LogP contribution < -0.4 is 0 Å². The monoisotopic (exact) mass is 205 g/mol. The molecule has 0 bridgehead atoms. The third kappa shape index (κ3) is 2.76. The lowest BCUT2D eigenvalue weighted by molar-refractivity contribution is 0.0881. The van der Waals surface area contributed by atoms with Gasteiger partial charge in [-0.2, -0.15) is 0 Å². The number of nitrogens with zero attached hydrogens (tertiary/aromatic N) is 1. The molecule has 3 unspecified atom stereocenters. The standard InChI is InChI=1S/C9H19NO2S/c1-7(2)13(12)10-6-9(11)5-4-8(10)3/h7-9,11H,4-6H2,1-3H3. The molecule has 3 atom stereocenters. The first-order valence-electron chi connectivity index (χ1n) is 4.87. The first kappa shape index (κ1) is 11.1. The van der Waals surface area contributed by atoms with Crippen LogP contribution >= 0.6 is 0 Å². The molecule has 0 aromatic heterocycles. The average molecular weight is 205 g/mol. The van der Waals surface area contributed by atoms with Gasteiger partial charge in [-0.05, 0) is 33.6 Å². The quantitative estimate of drug-likeness (QED) is 0.728. The number of β-amino-alcohol motifs (C(OH)–C–C–N with tert-alkyl or cyclic N) is 1. The predicted molar refractivity (Wildman–Crippen MR) is 54.7 cm³/mol. The number of piperidine rings is 1. The smallest absolute Gasteiger partial charge is 0.0972 e. The van der Waals surface area contributed by atoms with Crippen LogP contribution in [0.4, 0.5) is 0 Å². The van der Waals surface area contributed by atoms with Crippen molar-refractivity contribution in [2.45, 2.75) is 51.0 Å². The van der Waals surface area contributed by atoms with Gasteiger partial charge in [0.2, 0.25) is 0 Å². The first-order chi connectivity index (χ1) is 6.02. The normalized spacial score (nSPS) is 33.6. The Labute approximate surface area is 82.7 Å². The van der Waals surface area contributed by atoms with E-state index in [0.29, 0.717) is 12.6 Å². The van der Waals surface area contributed by atoms with E-state index >= 15 is 0 Å². The van der Waals surface area contributed by atoms with Crippen molar-refractivity contribution in [3.05, 3.63) is 0 Å². The number of hydrogen-bond acceptors (Lipinski definition) is 2. The van der Waals surface area contributed by atoms with E-state index in [4.69, 9.17) is 0 Å².